The third-order valence-corrected chi connectivity index (χ3v) is 4.93. The number of rotatable bonds is 6. The minimum Gasteiger partial charge on any atom is -0.486 e. The average molecular weight is 442 g/mol. The lowest BCUT2D eigenvalue weighted by molar-refractivity contribution is -0.139. The van der Waals surface area contributed by atoms with Gasteiger partial charge in [0.2, 0.25) is 0 Å². The molecule has 5 heteroatoms. The van der Waals surface area contributed by atoms with Crippen molar-refractivity contribution in [2.75, 3.05) is 7.11 Å². The van der Waals surface area contributed by atoms with Gasteiger partial charge < -0.3 is 9.47 Å². The molecule has 2 rings (SSSR count). The van der Waals surface area contributed by atoms with E-state index in [4.69, 9.17) is 9.47 Å². The summed E-state index contributed by atoms with van der Waals surface area (Å²) in [5, 5.41) is 0. The second kappa shape index (κ2) is 8.46. The van der Waals surface area contributed by atoms with E-state index in [2.05, 4.69) is 22.6 Å². The Bertz CT molecular complexity index is 744. The predicted octanol–water partition coefficient (Wildman–Crippen LogP) is 4.60. The summed E-state index contributed by atoms with van der Waals surface area (Å²) < 4.78 is 25.6. The molecule has 0 aliphatic carbocycles. The fourth-order valence-electron chi connectivity index (χ4n) is 2.50. The topological polar surface area (TPSA) is 35.5 Å². The second-order valence-electron chi connectivity index (χ2n) is 5.48. The van der Waals surface area contributed by atoms with E-state index in [1.165, 1.54) is 13.2 Å². The molecule has 0 aromatic heterocycles. The molecule has 2 aromatic rings. The number of halogens is 2. The Morgan fingerprint density at radius 1 is 1.25 bits per heavy atom. The lowest BCUT2D eigenvalue weighted by atomic mass is 10.0. The molecule has 0 atom stereocenters. The van der Waals surface area contributed by atoms with E-state index in [1.54, 1.807) is 6.07 Å². The van der Waals surface area contributed by atoms with Crippen LogP contribution in [0.25, 0.3) is 0 Å². The van der Waals surface area contributed by atoms with E-state index in [0.29, 0.717) is 0 Å². The fourth-order valence-corrected chi connectivity index (χ4v) is 3.21. The van der Waals surface area contributed by atoms with Crippen molar-refractivity contribution in [3.63, 3.8) is 0 Å². The Balaban J connectivity index is 2.23. The van der Waals surface area contributed by atoms with E-state index in [0.717, 1.165) is 32.2 Å². The highest BCUT2D eigenvalue weighted by Crippen LogP contribution is 2.25. The Kier molecular flexibility index (Phi) is 6.60. The first-order valence-corrected chi connectivity index (χ1v) is 8.79. The van der Waals surface area contributed by atoms with Crippen molar-refractivity contribution in [2.24, 2.45) is 0 Å². The molecule has 2 aromatic carbocycles. The van der Waals surface area contributed by atoms with Crippen LogP contribution in [0.3, 0.4) is 0 Å². The van der Waals surface area contributed by atoms with Gasteiger partial charge in [0, 0.05) is 9.13 Å². The molecule has 0 radical (unpaired) electrons. The first-order valence-electron chi connectivity index (χ1n) is 7.71. The lowest BCUT2D eigenvalue weighted by Crippen LogP contribution is -2.10. The van der Waals surface area contributed by atoms with Gasteiger partial charge in [0.1, 0.15) is 6.61 Å². The average Bonchev–Trinajstić information content (AvgIpc) is 2.56. The molecule has 0 heterocycles. The molecule has 0 amide bonds. The highest BCUT2D eigenvalue weighted by molar-refractivity contribution is 14.1. The summed E-state index contributed by atoms with van der Waals surface area (Å²) in [5.41, 5.74) is 3.68. The van der Waals surface area contributed by atoms with Crippen LogP contribution in [0.15, 0.2) is 30.3 Å². The first kappa shape index (κ1) is 18.7. The minimum absolute atomic E-state index is 0.169. The Hall–Kier alpha value is -1.63. The summed E-state index contributed by atoms with van der Waals surface area (Å²) >= 11 is 2.19. The van der Waals surface area contributed by atoms with Gasteiger partial charge in [-0.1, -0.05) is 19.1 Å². The van der Waals surface area contributed by atoms with Gasteiger partial charge in [-0.15, -0.1) is 0 Å². The largest absolute Gasteiger partial charge is 0.486 e. The summed E-state index contributed by atoms with van der Waals surface area (Å²) in [5.74, 6) is -0.446. The third kappa shape index (κ3) is 4.47. The Labute approximate surface area is 155 Å². The molecular formula is C19H20FIO3. The molecule has 0 saturated carbocycles. The molecule has 0 unspecified atom stereocenters. The van der Waals surface area contributed by atoms with Gasteiger partial charge in [-0.2, -0.15) is 0 Å². The fraction of sp³-hybridized carbons (Fsp3) is 0.316. The van der Waals surface area contributed by atoms with Crippen LogP contribution in [0.4, 0.5) is 4.39 Å². The second-order valence-corrected chi connectivity index (χ2v) is 6.64. The van der Waals surface area contributed by atoms with Gasteiger partial charge in [-0.3, -0.25) is 4.79 Å². The van der Waals surface area contributed by atoms with E-state index in [1.807, 2.05) is 32.0 Å². The van der Waals surface area contributed by atoms with E-state index >= 15 is 0 Å². The van der Waals surface area contributed by atoms with Gasteiger partial charge in [-0.25, -0.2) is 4.39 Å². The maximum Gasteiger partial charge on any atom is 0.309 e. The highest BCUT2D eigenvalue weighted by Gasteiger charge is 2.13. The molecule has 0 aliphatic rings. The van der Waals surface area contributed by atoms with Crippen molar-refractivity contribution in [3.05, 3.63) is 62.0 Å². The smallest absolute Gasteiger partial charge is 0.309 e. The highest BCUT2D eigenvalue weighted by atomic mass is 127. The summed E-state index contributed by atoms with van der Waals surface area (Å²) in [6.45, 7) is 4.14. The van der Waals surface area contributed by atoms with Gasteiger partial charge in [0.05, 0.1) is 13.5 Å². The number of hydrogen-bond acceptors (Lipinski definition) is 3. The van der Waals surface area contributed by atoms with Crippen molar-refractivity contribution in [1.29, 1.82) is 0 Å². The molecule has 0 saturated heterocycles. The van der Waals surface area contributed by atoms with Gasteiger partial charge >= 0.3 is 5.97 Å². The first-order chi connectivity index (χ1) is 11.5. The van der Waals surface area contributed by atoms with Gasteiger partial charge in [0.15, 0.2) is 11.6 Å². The van der Waals surface area contributed by atoms with Crippen LogP contribution in [0.1, 0.15) is 29.2 Å². The maximum atomic E-state index is 14.2. The maximum absolute atomic E-state index is 14.2. The van der Waals surface area contributed by atoms with Crippen molar-refractivity contribution in [3.8, 4) is 5.75 Å². The van der Waals surface area contributed by atoms with Gasteiger partial charge in [-0.05, 0) is 70.8 Å². The van der Waals surface area contributed by atoms with Crippen molar-refractivity contribution < 1.29 is 18.7 Å². The van der Waals surface area contributed by atoms with Crippen LogP contribution < -0.4 is 4.74 Å². The van der Waals surface area contributed by atoms with Crippen LogP contribution >= 0.6 is 22.6 Å². The van der Waals surface area contributed by atoms with Gasteiger partial charge in [0.25, 0.3) is 0 Å². The number of hydrogen-bond donors (Lipinski definition) is 0. The Morgan fingerprint density at radius 3 is 2.67 bits per heavy atom. The van der Waals surface area contributed by atoms with Crippen molar-refractivity contribution >= 4 is 28.6 Å². The van der Waals surface area contributed by atoms with Crippen LogP contribution in [-0.4, -0.2) is 13.1 Å². The van der Waals surface area contributed by atoms with Crippen LogP contribution in [0.5, 0.6) is 5.75 Å². The predicted molar refractivity (Wildman–Crippen MR) is 99.7 cm³/mol. The normalized spacial score (nSPS) is 10.5. The van der Waals surface area contributed by atoms with Crippen LogP contribution in [0, 0.1) is 16.3 Å². The zero-order chi connectivity index (χ0) is 17.7. The molecule has 0 bridgehead atoms. The number of benzene rings is 2. The molecule has 0 fully saturated rings. The zero-order valence-corrected chi connectivity index (χ0v) is 16.1. The number of aryl methyl sites for hydroxylation is 2. The van der Waals surface area contributed by atoms with Crippen LogP contribution in [0.2, 0.25) is 0 Å². The van der Waals surface area contributed by atoms with E-state index in [-0.39, 0.29) is 30.6 Å². The minimum atomic E-state index is -0.363. The van der Waals surface area contributed by atoms with Crippen molar-refractivity contribution in [2.45, 2.75) is 33.3 Å². The number of carbonyl (C=O) groups excluding carboxylic acids is 1. The number of ether oxygens (including phenoxy) is 2. The standard InChI is InChI=1S/C19H20FIO3/c1-4-13-9-16(20)18(8-12(13)2)24-11-15-14(10-19(22)23-3)6-5-7-17(15)21/h5-9H,4,10-11H2,1-3H3. The number of esters is 1. The quantitative estimate of drug-likeness (QED) is 0.485. The molecule has 0 spiro atoms. The lowest BCUT2D eigenvalue weighted by Gasteiger charge is -2.14. The zero-order valence-electron chi connectivity index (χ0n) is 14.0. The van der Waals surface area contributed by atoms with E-state index in [9.17, 15) is 9.18 Å². The summed E-state index contributed by atoms with van der Waals surface area (Å²) in [4.78, 5) is 11.6. The van der Waals surface area contributed by atoms with Crippen LogP contribution in [-0.2, 0) is 29.0 Å². The third-order valence-electron chi connectivity index (χ3n) is 3.92. The Morgan fingerprint density at radius 2 is 2.00 bits per heavy atom. The molecule has 24 heavy (non-hydrogen) atoms. The summed E-state index contributed by atoms with van der Waals surface area (Å²) in [6.07, 6.45) is 0.950. The molecule has 0 N–H and O–H groups in total. The number of carbonyl (C=O) groups is 1. The summed E-state index contributed by atoms with van der Waals surface area (Å²) in [6, 6.07) is 8.92. The van der Waals surface area contributed by atoms with E-state index < -0.39 is 0 Å². The summed E-state index contributed by atoms with van der Waals surface area (Å²) in [7, 11) is 1.36. The number of methoxy groups -OCH3 is 1. The monoisotopic (exact) mass is 442 g/mol. The SMILES string of the molecule is CCc1cc(F)c(OCc2c(I)cccc2CC(=O)OC)cc1C. The molecule has 3 nitrogen and oxygen atoms in total. The molecule has 0 aliphatic heterocycles. The molecular weight excluding hydrogens is 422 g/mol. The molecule has 128 valence electrons. The van der Waals surface area contributed by atoms with Crippen molar-refractivity contribution in [1.82, 2.24) is 0 Å².